The highest BCUT2D eigenvalue weighted by Crippen LogP contribution is 2.08. The van der Waals surface area contributed by atoms with Crippen molar-refractivity contribution in [3.05, 3.63) is 0 Å². The first-order valence-electron chi connectivity index (χ1n) is 3.97. The zero-order valence-corrected chi connectivity index (χ0v) is 6.51. The van der Waals surface area contributed by atoms with Crippen molar-refractivity contribution >= 4 is 6.29 Å². The highest BCUT2D eigenvalue weighted by atomic mass is 16.5. The summed E-state index contributed by atoms with van der Waals surface area (Å²) in [6.07, 6.45) is 4.26. The molecule has 1 aliphatic rings. The van der Waals surface area contributed by atoms with E-state index >= 15 is 0 Å². The van der Waals surface area contributed by atoms with Gasteiger partial charge < -0.3 is 9.53 Å². The largest absolute Gasteiger partial charge is 0.362 e. The van der Waals surface area contributed by atoms with Gasteiger partial charge in [-0.1, -0.05) is 0 Å². The molecule has 2 N–H and O–H groups in total. The highest BCUT2D eigenvalue weighted by molar-refractivity contribution is 5.51. The molecular weight excluding hydrogens is 144 g/mol. The smallest absolute Gasteiger partial charge is 0.135 e. The molecule has 11 heavy (non-hydrogen) atoms. The van der Waals surface area contributed by atoms with E-state index in [1.807, 2.05) is 0 Å². The number of ether oxygens (including phenoxy) is 1. The van der Waals surface area contributed by atoms with Gasteiger partial charge in [0.2, 0.25) is 0 Å². The third-order valence-corrected chi connectivity index (χ3v) is 1.63. The summed E-state index contributed by atoms with van der Waals surface area (Å²) >= 11 is 0. The zero-order chi connectivity index (χ0) is 7.94. The Morgan fingerprint density at radius 3 is 3.09 bits per heavy atom. The topological polar surface area (TPSA) is 50.4 Å². The van der Waals surface area contributed by atoms with Gasteiger partial charge in [0.15, 0.2) is 0 Å². The first-order valence-corrected chi connectivity index (χ1v) is 3.97. The molecule has 0 amide bonds. The van der Waals surface area contributed by atoms with Crippen LogP contribution in [0.15, 0.2) is 0 Å². The second kappa shape index (κ2) is 5.23. The van der Waals surface area contributed by atoms with Crippen LogP contribution in [-0.2, 0) is 9.53 Å². The lowest BCUT2D eigenvalue weighted by atomic mass is 10.2. The molecule has 0 bridgehead atoms. The predicted octanol–water partition coefficient (Wildman–Crippen LogP) is -0.194. The Hall–Kier alpha value is -0.450. The molecule has 1 rings (SSSR count). The van der Waals surface area contributed by atoms with Crippen molar-refractivity contribution in [2.45, 2.75) is 25.5 Å². The molecule has 1 fully saturated rings. The van der Waals surface area contributed by atoms with Gasteiger partial charge in [-0.15, -0.1) is 0 Å². The molecule has 4 heteroatoms. The minimum Gasteiger partial charge on any atom is -0.362 e. The Balaban J connectivity index is 2.00. The number of nitrogens with one attached hydrogen (secondary N) is 2. The van der Waals surface area contributed by atoms with E-state index < -0.39 is 0 Å². The minimum absolute atomic E-state index is 0.0868. The summed E-state index contributed by atoms with van der Waals surface area (Å²) < 4.78 is 5.33. The fourth-order valence-corrected chi connectivity index (χ4v) is 1.07. The first kappa shape index (κ1) is 8.64. The van der Waals surface area contributed by atoms with Crippen LogP contribution in [0.5, 0.6) is 0 Å². The minimum atomic E-state index is 0.0868. The Kier molecular flexibility index (Phi) is 4.11. The van der Waals surface area contributed by atoms with Gasteiger partial charge in [0.1, 0.15) is 12.5 Å². The molecule has 1 saturated heterocycles. The molecule has 1 heterocycles. The molecule has 0 aromatic carbocycles. The summed E-state index contributed by atoms with van der Waals surface area (Å²) in [6, 6.07) is 0. The number of hydrazine groups is 1. The van der Waals surface area contributed by atoms with Crippen molar-refractivity contribution in [1.29, 1.82) is 0 Å². The van der Waals surface area contributed by atoms with Gasteiger partial charge in [0.05, 0.1) is 6.54 Å². The molecule has 0 radical (unpaired) electrons. The molecule has 64 valence electrons. The van der Waals surface area contributed by atoms with E-state index in [0.29, 0.717) is 6.54 Å². The maximum Gasteiger partial charge on any atom is 0.135 e. The summed E-state index contributed by atoms with van der Waals surface area (Å²) in [5, 5.41) is 0. The predicted molar refractivity (Wildman–Crippen MR) is 40.8 cm³/mol. The molecule has 1 atom stereocenters. The third-order valence-electron chi connectivity index (χ3n) is 1.63. The van der Waals surface area contributed by atoms with Gasteiger partial charge >= 0.3 is 0 Å². The first-order chi connectivity index (χ1) is 5.43. The van der Waals surface area contributed by atoms with Gasteiger partial charge in [0, 0.05) is 6.61 Å². The van der Waals surface area contributed by atoms with E-state index in [1.54, 1.807) is 0 Å². The summed E-state index contributed by atoms with van der Waals surface area (Å²) in [6.45, 7) is 1.15. The Morgan fingerprint density at radius 1 is 1.55 bits per heavy atom. The molecule has 0 aromatic rings. The van der Waals surface area contributed by atoms with E-state index in [1.165, 1.54) is 6.42 Å². The fourth-order valence-electron chi connectivity index (χ4n) is 1.07. The highest BCUT2D eigenvalue weighted by Gasteiger charge is 2.11. The molecule has 1 unspecified atom stereocenters. The monoisotopic (exact) mass is 158 g/mol. The van der Waals surface area contributed by atoms with Gasteiger partial charge in [-0.25, -0.2) is 10.9 Å². The molecule has 0 aromatic heterocycles. The number of carbonyl (C=O) groups excluding carboxylic acids is 1. The molecular formula is C7H14N2O2. The number of carbonyl (C=O) groups is 1. The number of hydrogen-bond acceptors (Lipinski definition) is 4. The number of aldehydes is 1. The molecule has 4 nitrogen and oxygen atoms in total. The molecule has 0 saturated carbocycles. The second-order valence-electron chi connectivity index (χ2n) is 2.55. The van der Waals surface area contributed by atoms with Crippen LogP contribution in [-0.4, -0.2) is 25.7 Å². The van der Waals surface area contributed by atoms with Gasteiger partial charge in [-0.2, -0.15) is 0 Å². The molecule has 0 aliphatic carbocycles. The Labute approximate surface area is 66.3 Å². The SMILES string of the molecule is O=CCNNC1CCCCO1. The molecule has 1 aliphatic heterocycles. The zero-order valence-electron chi connectivity index (χ0n) is 6.51. The van der Waals surface area contributed by atoms with E-state index in [-0.39, 0.29) is 6.23 Å². The van der Waals surface area contributed by atoms with Crippen LogP contribution in [0.3, 0.4) is 0 Å². The number of rotatable bonds is 4. The summed E-state index contributed by atoms with van der Waals surface area (Å²) in [4.78, 5) is 9.90. The lowest BCUT2D eigenvalue weighted by Crippen LogP contribution is -2.44. The second-order valence-corrected chi connectivity index (χ2v) is 2.55. The van der Waals surface area contributed by atoms with Gasteiger partial charge in [0.25, 0.3) is 0 Å². The Bertz CT molecular complexity index is 113. The van der Waals surface area contributed by atoms with Crippen LogP contribution >= 0.6 is 0 Å². The lowest BCUT2D eigenvalue weighted by Gasteiger charge is -2.23. The average Bonchev–Trinajstić information content (AvgIpc) is 2.07. The van der Waals surface area contributed by atoms with Crippen LogP contribution in [0.25, 0.3) is 0 Å². The summed E-state index contributed by atoms with van der Waals surface area (Å²) in [5.74, 6) is 0. The van der Waals surface area contributed by atoms with Crippen molar-refractivity contribution < 1.29 is 9.53 Å². The van der Waals surface area contributed by atoms with Crippen molar-refractivity contribution in [2.75, 3.05) is 13.2 Å². The van der Waals surface area contributed by atoms with Crippen LogP contribution in [0.2, 0.25) is 0 Å². The third kappa shape index (κ3) is 3.46. The van der Waals surface area contributed by atoms with Crippen LogP contribution < -0.4 is 10.9 Å². The molecule has 0 spiro atoms. The standard InChI is InChI=1S/C7H14N2O2/c10-5-4-8-9-7-3-1-2-6-11-7/h5,7-9H,1-4,6H2. The van der Waals surface area contributed by atoms with Gasteiger partial charge in [-0.05, 0) is 19.3 Å². The van der Waals surface area contributed by atoms with Crippen molar-refractivity contribution in [3.8, 4) is 0 Å². The average molecular weight is 158 g/mol. The van der Waals surface area contributed by atoms with E-state index in [2.05, 4.69) is 10.9 Å². The van der Waals surface area contributed by atoms with E-state index in [4.69, 9.17) is 4.74 Å². The quantitative estimate of drug-likeness (QED) is 0.338. The maximum atomic E-state index is 9.90. The summed E-state index contributed by atoms with van der Waals surface area (Å²) in [7, 11) is 0. The normalized spacial score (nSPS) is 24.9. The van der Waals surface area contributed by atoms with Crippen LogP contribution in [0, 0.1) is 0 Å². The number of hydrogen-bond donors (Lipinski definition) is 2. The van der Waals surface area contributed by atoms with Crippen LogP contribution in [0.4, 0.5) is 0 Å². The van der Waals surface area contributed by atoms with Crippen molar-refractivity contribution in [3.63, 3.8) is 0 Å². The van der Waals surface area contributed by atoms with Crippen molar-refractivity contribution in [1.82, 2.24) is 10.9 Å². The van der Waals surface area contributed by atoms with Gasteiger partial charge in [-0.3, -0.25) is 0 Å². The Morgan fingerprint density at radius 2 is 2.45 bits per heavy atom. The van der Waals surface area contributed by atoms with E-state index in [0.717, 1.165) is 25.7 Å². The van der Waals surface area contributed by atoms with Crippen LogP contribution in [0.1, 0.15) is 19.3 Å². The fraction of sp³-hybridized carbons (Fsp3) is 0.857. The summed E-state index contributed by atoms with van der Waals surface area (Å²) in [5.41, 5.74) is 5.68. The van der Waals surface area contributed by atoms with E-state index in [9.17, 15) is 4.79 Å². The van der Waals surface area contributed by atoms with Crippen molar-refractivity contribution in [2.24, 2.45) is 0 Å². The maximum absolute atomic E-state index is 9.90. The lowest BCUT2D eigenvalue weighted by molar-refractivity contribution is -0.107.